The normalized spacial score (nSPS) is 24.1. The van der Waals surface area contributed by atoms with E-state index in [4.69, 9.17) is 0 Å². The summed E-state index contributed by atoms with van der Waals surface area (Å²) in [5.74, 6) is 0. The van der Waals surface area contributed by atoms with Crippen LogP contribution in [0.15, 0.2) is 29.2 Å². The number of piperidine rings is 1. The summed E-state index contributed by atoms with van der Waals surface area (Å²) in [5, 5.41) is 6.82. The Balaban J connectivity index is 1.96. The Labute approximate surface area is 115 Å². The molecule has 106 valence electrons. The third-order valence-electron chi connectivity index (χ3n) is 3.69. The quantitative estimate of drug-likeness (QED) is 0.885. The van der Waals surface area contributed by atoms with Gasteiger partial charge in [0.05, 0.1) is 4.90 Å². The first kappa shape index (κ1) is 14.3. The lowest BCUT2D eigenvalue weighted by atomic mass is 9.83. The van der Waals surface area contributed by atoms with E-state index in [-0.39, 0.29) is 5.41 Å². The summed E-state index contributed by atoms with van der Waals surface area (Å²) in [7, 11) is -3.10. The number of anilines is 1. The minimum atomic E-state index is -3.10. The van der Waals surface area contributed by atoms with Crippen molar-refractivity contribution in [3.8, 4) is 0 Å². The van der Waals surface area contributed by atoms with Gasteiger partial charge in [-0.05, 0) is 49.1 Å². The van der Waals surface area contributed by atoms with Crippen LogP contribution < -0.4 is 10.6 Å². The van der Waals surface area contributed by atoms with Gasteiger partial charge < -0.3 is 10.6 Å². The third kappa shape index (κ3) is 3.94. The molecule has 0 radical (unpaired) electrons. The summed E-state index contributed by atoms with van der Waals surface area (Å²) in [6, 6.07) is 6.96. The molecule has 0 bridgehead atoms. The number of nitrogens with one attached hydrogen (secondary N) is 2. The van der Waals surface area contributed by atoms with Crippen molar-refractivity contribution in [1.82, 2.24) is 5.32 Å². The van der Waals surface area contributed by atoms with E-state index in [0.717, 1.165) is 25.3 Å². The monoisotopic (exact) mass is 282 g/mol. The molecule has 1 unspecified atom stereocenters. The smallest absolute Gasteiger partial charge is 0.175 e. The molecular weight excluding hydrogens is 260 g/mol. The lowest BCUT2D eigenvalue weighted by molar-refractivity contribution is 0.253. The fourth-order valence-corrected chi connectivity index (χ4v) is 3.04. The Kier molecular flexibility index (Phi) is 4.16. The maximum absolute atomic E-state index is 11.4. The van der Waals surface area contributed by atoms with Gasteiger partial charge >= 0.3 is 0 Å². The number of benzene rings is 1. The van der Waals surface area contributed by atoms with Crippen LogP contribution in [-0.4, -0.2) is 34.3 Å². The Morgan fingerprint density at radius 1 is 1.32 bits per heavy atom. The van der Waals surface area contributed by atoms with Crippen LogP contribution in [0.2, 0.25) is 0 Å². The van der Waals surface area contributed by atoms with E-state index in [2.05, 4.69) is 17.6 Å². The standard InChI is InChI=1S/C14H22N2O2S/c1-14(8-3-9-15-10-14)11-16-12-4-6-13(7-5-12)19(2,17)18/h4-7,15-16H,3,8-11H2,1-2H3. The lowest BCUT2D eigenvalue weighted by Crippen LogP contribution is -2.42. The van der Waals surface area contributed by atoms with Gasteiger partial charge in [-0.25, -0.2) is 8.42 Å². The molecule has 1 heterocycles. The fraction of sp³-hybridized carbons (Fsp3) is 0.571. The van der Waals surface area contributed by atoms with Crippen molar-refractivity contribution >= 4 is 15.5 Å². The summed E-state index contributed by atoms with van der Waals surface area (Å²) >= 11 is 0. The Bertz CT molecular complexity index is 517. The summed E-state index contributed by atoms with van der Waals surface area (Å²) in [5.41, 5.74) is 1.24. The maximum Gasteiger partial charge on any atom is 0.175 e. The lowest BCUT2D eigenvalue weighted by Gasteiger charge is -2.34. The molecule has 0 saturated carbocycles. The number of rotatable bonds is 4. The fourth-order valence-electron chi connectivity index (χ4n) is 2.41. The molecule has 2 rings (SSSR count). The zero-order valence-corrected chi connectivity index (χ0v) is 12.4. The molecule has 0 aromatic heterocycles. The minimum Gasteiger partial charge on any atom is -0.384 e. The molecule has 1 aliphatic rings. The van der Waals surface area contributed by atoms with Crippen molar-refractivity contribution < 1.29 is 8.42 Å². The zero-order valence-electron chi connectivity index (χ0n) is 11.6. The van der Waals surface area contributed by atoms with Crippen molar-refractivity contribution in [2.45, 2.75) is 24.7 Å². The highest BCUT2D eigenvalue weighted by atomic mass is 32.2. The highest BCUT2D eigenvalue weighted by Gasteiger charge is 2.26. The largest absolute Gasteiger partial charge is 0.384 e. The minimum absolute atomic E-state index is 0.272. The highest BCUT2D eigenvalue weighted by molar-refractivity contribution is 7.90. The Morgan fingerprint density at radius 2 is 2.00 bits per heavy atom. The third-order valence-corrected chi connectivity index (χ3v) is 4.82. The van der Waals surface area contributed by atoms with Crippen molar-refractivity contribution in [2.75, 3.05) is 31.2 Å². The number of sulfone groups is 1. The zero-order chi connectivity index (χ0) is 13.9. The van der Waals surface area contributed by atoms with Crippen molar-refractivity contribution in [2.24, 2.45) is 5.41 Å². The first-order valence-corrected chi connectivity index (χ1v) is 8.53. The van der Waals surface area contributed by atoms with E-state index >= 15 is 0 Å². The summed E-state index contributed by atoms with van der Waals surface area (Å²) in [6.07, 6.45) is 3.66. The molecular formula is C14H22N2O2S. The average Bonchev–Trinajstić information content (AvgIpc) is 2.37. The van der Waals surface area contributed by atoms with Crippen LogP contribution in [0.25, 0.3) is 0 Å². The predicted molar refractivity (Wildman–Crippen MR) is 78.3 cm³/mol. The van der Waals surface area contributed by atoms with Gasteiger partial charge in [0.25, 0.3) is 0 Å². The first-order valence-electron chi connectivity index (χ1n) is 6.64. The van der Waals surface area contributed by atoms with Gasteiger partial charge in [-0.3, -0.25) is 0 Å². The van der Waals surface area contributed by atoms with Gasteiger partial charge in [-0.1, -0.05) is 6.92 Å². The summed E-state index contributed by atoms with van der Waals surface area (Å²) in [6.45, 7) is 5.31. The topological polar surface area (TPSA) is 58.2 Å². The van der Waals surface area contributed by atoms with E-state index < -0.39 is 9.84 Å². The average molecular weight is 282 g/mol. The van der Waals surface area contributed by atoms with E-state index in [1.165, 1.54) is 19.1 Å². The molecule has 4 nitrogen and oxygen atoms in total. The molecule has 0 aliphatic carbocycles. The Hall–Kier alpha value is -1.07. The molecule has 1 atom stereocenters. The second-order valence-electron chi connectivity index (χ2n) is 5.74. The van der Waals surface area contributed by atoms with Crippen molar-refractivity contribution in [1.29, 1.82) is 0 Å². The van der Waals surface area contributed by atoms with Gasteiger partial charge in [-0.15, -0.1) is 0 Å². The van der Waals surface area contributed by atoms with Crippen LogP contribution in [0.1, 0.15) is 19.8 Å². The van der Waals surface area contributed by atoms with Crippen LogP contribution >= 0.6 is 0 Å². The molecule has 1 aliphatic heterocycles. The van der Waals surface area contributed by atoms with Crippen molar-refractivity contribution in [3.63, 3.8) is 0 Å². The second kappa shape index (κ2) is 5.51. The van der Waals surface area contributed by atoms with Gasteiger partial charge in [-0.2, -0.15) is 0 Å². The molecule has 19 heavy (non-hydrogen) atoms. The van der Waals surface area contributed by atoms with Gasteiger partial charge in [0.1, 0.15) is 0 Å². The van der Waals surface area contributed by atoms with Crippen LogP contribution in [0.5, 0.6) is 0 Å². The van der Waals surface area contributed by atoms with Crippen LogP contribution in [0, 0.1) is 5.41 Å². The molecule has 0 amide bonds. The number of hydrogen-bond donors (Lipinski definition) is 2. The number of hydrogen-bond acceptors (Lipinski definition) is 4. The van der Waals surface area contributed by atoms with E-state index in [1.54, 1.807) is 12.1 Å². The molecule has 1 saturated heterocycles. The van der Waals surface area contributed by atoms with Crippen LogP contribution in [-0.2, 0) is 9.84 Å². The van der Waals surface area contributed by atoms with E-state index in [1.807, 2.05) is 12.1 Å². The van der Waals surface area contributed by atoms with Crippen LogP contribution in [0.4, 0.5) is 5.69 Å². The van der Waals surface area contributed by atoms with Gasteiger partial charge in [0.15, 0.2) is 9.84 Å². The van der Waals surface area contributed by atoms with Crippen LogP contribution in [0.3, 0.4) is 0 Å². The summed E-state index contributed by atoms with van der Waals surface area (Å²) < 4.78 is 22.7. The molecule has 1 aromatic carbocycles. The van der Waals surface area contributed by atoms with Gasteiger partial charge in [0.2, 0.25) is 0 Å². The molecule has 0 spiro atoms. The SMILES string of the molecule is CC1(CNc2ccc(S(C)(=O)=O)cc2)CCCNC1. The van der Waals surface area contributed by atoms with E-state index in [0.29, 0.717) is 4.90 Å². The summed E-state index contributed by atoms with van der Waals surface area (Å²) in [4.78, 5) is 0.364. The predicted octanol–water partition coefficient (Wildman–Crippen LogP) is 1.89. The molecule has 1 fully saturated rings. The second-order valence-corrected chi connectivity index (χ2v) is 7.76. The van der Waals surface area contributed by atoms with Gasteiger partial charge in [0, 0.05) is 25.0 Å². The molecule has 1 aromatic rings. The van der Waals surface area contributed by atoms with E-state index in [9.17, 15) is 8.42 Å². The maximum atomic E-state index is 11.4. The molecule has 5 heteroatoms. The first-order chi connectivity index (χ1) is 8.89. The Morgan fingerprint density at radius 3 is 2.53 bits per heavy atom. The highest BCUT2D eigenvalue weighted by Crippen LogP contribution is 2.26. The van der Waals surface area contributed by atoms with Crippen molar-refractivity contribution in [3.05, 3.63) is 24.3 Å². The molecule has 2 N–H and O–H groups in total.